The maximum atomic E-state index is 13.9. The predicted octanol–water partition coefficient (Wildman–Crippen LogP) is 5.37. The minimum atomic E-state index is -0.952. The molecule has 0 aliphatic heterocycles. The van der Waals surface area contributed by atoms with E-state index in [1.165, 1.54) is 19.2 Å². The largest absolute Gasteiger partial charge is 0.494 e. The second-order valence-electron chi connectivity index (χ2n) is 4.78. The summed E-state index contributed by atoms with van der Waals surface area (Å²) in [6.07, 6.45) is 6.71. The Morgan fingerprint density at radius 1 is 1.35 bits per heavy atom. The van der Waals surface area contributed by atoms with Gasteiger partial charge in [0.1, 0.15) is 0 Å². The fourth-order valence-electron chi connectivity index (χ4n) is 2.17. The molecule has 0 N–H and O–H groups in total. The van der Waals surface area contributed by atoms with Crippen molar-refractivity contribution in [1.82, 2.24) is 0 Å². The molecule has 0 aromatic heterocycles. The highest BCUT2D eigenvalue weighted by Gasteiger charge is 2.16. The third kappa shape index (κ3) is 3.92. The molecule has 1 nitrogen and oxygen atoms in total. The number of hydrogen-bond acceptors (Lipinski definition) is 1. The van der Waals surface area contributed by atoms with Crippen LogP contribution < -0.4 is 4.74 Å². The van der Waals surface area contributed by atoms with Crippen LogP contribution in [-0.2, 0) is 0 Å². The van der Waals surface area contributed by atoms with Gasteiger partial charge in [0.2, 0.25) is 5.82 Å². The maximum absolute atomic E-state index is 13.9. The van der Waals surface area contributed by atoms with Crippen LogP contribution in [0.5, 0.6) is 5.75 Å². The number of hydrogen-bond donors (Lipinski definition) is 0. The van der Waals surface area contributed by atoms with Crippen LogP contribution in [0.25, 0.3) is 5.57 Å². The van der Waals surface area contributed by atoms with Gasteiger partial charge in [-0.05, 0) is 49.8 Å². The first-order valence-corrected chi connectivity index (χ1v) is 6.88. The molecular formula is C17H22F2O. The third-order valence-electron chi connectivity index (χ3n) is 3.45. The summed E-state index contributed by atoms with van der Waals surface area (Å²) in [6.45, 7) is 7.97. The van der Waals surface area contributed by atoms with Gasteiger partial charge in [-0.3, -0.25) is 0 Å². The number of halogens is 2. The lowest BCUT2D eigenvalue weighted by atomic mass is 9.94. The quantitative estimate of drug-likeness (QED) is 0.610. The van der Waals surface area contributed by atoms with E-state index in [9.17, 15) is 8.78 Å². The number of benzene rings is 1. The summed E-state index contributed by atoms with van der Waals surface area (Å²) in [5.74, 6) is -1.47. The standard InChI is InChI=1S/C17H22F2O/c1-5-7-13(6-2)9-8-12(3)14-10-11-15(20-4)17(19)16(14)18/h5,7,10-11,13H,3,6,8-9H2,1-2,4H3. The Morgan fingerprint density at radius 2 is 2.05 bits per heavy atom. The SMILES string of the molecule is C=C(CCC(C=CC)CC)c1ccc(OC)c(F)c1F. The van der Waals surface area contributed by atoms with Crippen molar-refractivity contribution in [2.24, 2.45) is 5.92 Å². The van der Waals surface area contributed by atoms with E-state index in [1.807, 2.05) is 13.0 Å². The Labute approximate surface area is 120 Å². The molecule has 0 radical (unpaired) electrons. The van der Waals surface area contributed by atoms with Crippen molar-refractivity contribution >= 4 is 5.57 Å². The molecule has 0 fully saturated rings. The molecule has 1 unspecified atom stereocenters. The number of allylic oxidation sites excluding steroid dienone is 3. The van der Waals surface area contributed by atoms with Crippen molar-refractivity contribution in [3.05, 3.63) is 48.1 Å². The zero-order valence-corrected chi connectivity index (χ0v) is 12.4. The van der Waals surface area contributed by atoms with Gasteiger partial charge in [-0.2, -0.15) is 4.39 Å². The topological polar surface area (TPSA) is 9.23 Å². The molecule has 0 saturated carbocycles. The molecule has 0 saturated heterocycles. The van der Waals surface area contributed by atoms with Crippen LogP contribution in [0.1, 0.15) is 38.7 Å². The van der Waals surface area contributed by atoms with E-state index in [4.69, 9.17) is 4.74 Å². The summed E-state index contributed by atoms with van der Waals surface area (Å²) >= 11 is 0. The van der Waals surface area contributed by atoms with Crippen LogP contribution in [0.15, 0.2) is 30.9 Å². The second-order valence-corrected chi connectivity index (χ2v) is 4.78. The first-order valence-electron chi connectivity index (χ1n) is 6.88. The molecule has 0 spiro atoms. The maximum Gasteiger partial charge on any atom is 0.201 e. The Morgan fingerprint density at radius 3 is 2.60 bits per heavy atom. The van der Waals surface area contributed by atoms with Crippen LogP contribution in [0, 0.1) is 17.6 Å². The Kier molecular flexibility index (Phi) is 6.43. The molecule has 0 bridgehead atoms. The number of ether oxygens (including phenoxy) is 1. The minimum Gasteiger partial charge on any atom is -0.494 e. The third-order valence-corrected chi connectivity index (χ3v) is 3.45. The van der Waals surface area contributed by atoms with Gasteiger partial charge in [0, 0.05) is 5.56 Å². The van der Waals surface area contributed by atoms with Gasteiger partial charge in [0.25, 0.3) is 0 Å². The Bertz CT molecular complexity index is 492. The molecule has 110 valence electrons. The fraction of sp³-hybridized carbons (Fsp3) is 0.412. The lowest BCUT2D eigenvalue weighted by molar-refractivity contribution is 0.371. The average Bonchev–Trinajstić information content (AvgIpc) is 2.45. The van der Waals surface area contributed by atoms with Crippen molar-refractivity contribution < 1.29 is 13.5 Å². The van der Waals surface area contributed by atoms with E-state index in [1.54, 1.807) is 0 Å². The molecule has 3 heteroatoms. The van der Waals surface area contributed by atoms with E-state index < -0.39 is 11.6 Å². The zero-order valence-electron chi connectivity index (χ0n) is 12.4. The number of rotatable bonds is 7. The van der Waals surface area contributed by atoms with Gasteiger partial charge < -0.3 is 4.74 Å². The lowest BCUT2D eigenvalue weighted by Gasteiger charge is -2.13. The molecule has 1 aromatic rings. The first-order chi connectivity index (χ1) is 9.54. The minimum absolute atomic E-state index is 0.0839. The first kappa shape index (κ1) is 16.4. The molecule has 0 heterocycles. The molecule has 1 rings (SSSR count). The van der Waals surface area contributed by atoms with Gasteiger partial charge in [0.15, 0.2) is 11.6 Å². The van der Waals surface area contributed by atoms with Crippen LogP contribution in [-0.4, -0.2) is 7.11 Å². The number of methoxy groups -OCH3 is 1. The van der Waals surface area contributed by atoms with Gasteiger partial charge in [0.05, 0.1) is 7.11 Å². The van der Waals surface area contributed by atoms with Gasteiger partial charge in [-0.15, -0.1) is 0 Å². The summed E-state index contributed by atoms with van der Waals surface area (Å²) in [6, 6.07) is 2.96. The smallest absolute Gasteiger partial charge is 0.201 e. The van der Waals surface area contributed by atoms with E-state index in [0.717, 1.165) is 12.8 Å². The van der Waals surface area contributed by atoms with E-state index in [2.05, 4.69) is 19.6 Å². The fourth-order valence-corrected chi connectivity index (χ4v) is 2.17. The van der Waals surface area contributed by atoms with Gasteiger partial charge in [-0.1, -0.05) is 25.7 Å². The molecular weight excluding hydrogens is 258 g/mol. The molecule has 20 heavy (non-hydrogen) atoms. The summed E-state index contributed by atoms with van der Waals surface area (Å²) in [7, 11) is 1.31. The Hall–Kier alpha value is -1.64. The highest BCUT2D eigenvalue weighted by atomic mass is 19.2. The van der Waals surface area contributed by atoms with Gasteiger partial charge >= 0.3 is 0 Å². The molecule has 1 atom stereocenters. The predicted molar refractivity (Wildman–Crippen MR) is 79.8 cm³/mol. The zero-order chi connectivity index (χ0) is 15.1. The van der Waals surface area contributed by atoms with E-state index >= 15 is 0 Å². The summed E-state index contributed by atoms with van der Waals surface area (Å²) in [4.78, 5) is 0. The van der Waals surface area contributed by atoms with Crippen LogP contribution in [0.4, 0.5) is 8.78 Å². The van der Waals surface area contributed by atoms with Crippen LogP contribution >= 0.6 is 0 Å². The molecule has 0 aliphatic carbocycles. The molecule has 0 amide bonds. The van der Waals surface area contributed by atoms with Crippen molar-refractivity contribution in [2.45, 2.75) is 33.1 Å². The summed E-state index contributed by atoms with van der Waals surface area (Å²) in [5, 5.41) is 0. The van der Waals surface area contributed by atoms with Crippen LogP contribution in [0.3, 0.4) is 0 Å². The summed E-state index contributed by atoms with van der Waals surface area (Å²) < 4.78 is 32.3. The highest BCUT2D eigenvalue weighted by Crippen LogP contribution is 2.29. The second kappa shape index (κ2) is 7.83. The molecule has 0 aliphatic rings. The van der Waals surface area contributed by atoms with Gasteiger partial charge in [-0.25, -0.2) is 4.39 Å². The van der Waals surface area contributed by atoms with Crippen LogP contribution in [0.2, 0.25) is 0 Å². The normalized spacial score (nSPS) is 12.7. The average molecular weight is 280 g/mol. The summed E-state index contributed by atoms with van der Waals surface area (Å²) in [5.41, 5.74) is 0.852. The Balaban J connectivity index is 2.80. The van der Waals surface area contributed by atoms with Crippen molar-refractivity contribution in [1.29, 1.82) is 0 Å². The van der Waals surface area contributed by atoms with E-state index in [-0.39, 0.29) is 11.3 Å². The molecule has 1 aromatic carbocycles. The monoisotopic (exact) mass is 280 g/mol. The van der Waals surface area contributed by atoms with E-state index in [0.29, 0.717) is 17.9 Å². The van der Waals surface area contributed by atoms with Crippen molar-refractivity contribution in [2.75, 3.05) is 7.11 Å². The highest BCUT2D eigenvalue weighted by molar-refractivity contribution is 5.64. The van der Waals surface area contributed by atoms with Crippen molar-refractivity contribution in [3.8, 4) is 5.75 Å². The lowest BCUT2D eigenvalue weighted by Crippen LogP contribution is -1.99. The van der Waals surface area contributed by atoms with Crippen molar-refractivity contribution in [3.63, 3.8) is 0 Å².